The standard InChI is InChI=1S/C20H20NSi.C19H14FN2O.Ir/c1-22(2,3)20-15-21-19(17-12-8-5-9-13-17)14-18(20)16-10-6-4-7-11-16;1-11(2)15-9-17(22-10-16(15)20)14-6-3-5-12-13-7-4-8-21-19(13)23-18(12)14;/h4-12,14-15H,1-3H3;3-5,7-11H,1-2H3;/q2*-1;. The minimum absolute atomic E-state index is 0. The monoisotopic (exact) mass is 800 g/mol. The number of hydrogen-bond acceptors (Lipinski definition) is 4. The van der Waals surface area contributed by atoms with Crippen LogP contribution in [0.2, 0.25) is 19.6 Å². The Balaban J connectivity index is 0.000000178. The van der Waals surface area contributed by atoms with Crippen LogP contribution in [0, 0.1) is 17.9 Å². The van der Waals surface area contributed by atoms with Crippen LogP contribution in [0.1, 0.15) is 25.3 Å². The van der Waals surface area contributed by atoms with Crippen LogP contribution in [0.5, 0.6) is 0 Å². The van der Waals surface area contributed by atoms with Crippen molar-refractivity contribution < 1.29 is 28.9 Å². The molecule has 7 rings (SSSR count). The van der Waals surface area contributed by atoms with Crippen molar-refractivity contribution in [3.05, 3.63) is 133 Å². The van der Waals surface area contributed by atoms with Crippen molar-refractivity contribution in [2.75, 3.05) is 0 Å². The summed E-state index contributed by atoms with van der Waals surface area (Å²) in [6, 6.07) is 36.7. The van der Waals surface area contributed by atoms with E-state index >= 15 is 0 Å². The normalized spacial score (nSPS) is 11.3. The number of rotatable bonds is 5. The third kappa shape index (κ3) is 6.92. The largest absolute Gasteiger partial charge is 0.486 e. The second kappa shape index (κ2) is 14.0. The number of fused-ring (bicyclic) bond motifs is 3. The van der Waals surface area contributed by atoms with Crippen LogP contribution in [-0.2, 0) is 20.1 Å². The summed E-state index contributed by atoms with van der Waals surface area (Å²) in [5.41, 5.74) is 7.87. The summed E-state index contributed by atoms with van der Waals surface area (Å²) in [6.07, 6.45) is 5.03. The Morgan fingerprint density at radius 2 is 1.52 bits per heavy atom. The molecule has 0 spiro atoms. The summed E-state index contributed by atoms with van der Waals surface area (Å²) >= 11 is 0. The van der Waals surface area contributed by atoms with Gasteiger partial charge in [-0.3, -0.25) is 0 Å². The molecule has 233 valence electrons. The van der Waals surface area contributed by atoms with Crippen LogP contribution in [0.25, 0.3) is 55.7 Å². The Morgan fingerprint density at radius 3 is 2.24 bits per heavy atom. The molecule has 0 aliphatic carbocycles. The Labute approximate surface area is 284 Å². The fourth-order valence-corrected chi connectivity index (χ4v) is 6.89. The predicted octanol–water partition coefficient (Wildman–Crippen LogP) is 9.86. The van der Waals surface area contributed by atoms with Crippen molar-refractivity contribution in [3.63, 3.8) is 0 Å². The van der Waals surface area contributed by atoms with Crippen LogP contribution in [-0.4, -0.2) is 23.0 Å². The van der Waals surface area contributed by atoms with E-state index in [1.54, 1.807) is 12.3 Å². The quantitative estimate of drug-likeness (QED) is 0.129. The van der Waals surface area contributed by atoms with Gasteiger partial charge < -0.3 is 14.4 Å². The van der Waals surface area contributed by atoms with Gasteiger partial charge in [-0.15, -0.1) is 54.1 Å². The van der Waals surface area contributed by atoms with Gasteiger partial charge in [0.15, 0.2) is 0 Å². The maximum absolute atomic E-state index is 13.9. The number of pyridine rings is 3. The second-order valence-electron chi connectivity index (χ2n) is 12.3. The van der Waals surface area contributed by atoms with Gasteiger partial charge in [0.05, 0.1) is 19.9 Å². The summed E-state index contributed by atoms with van der Waals surface area (Å²) in [4.78, 5) is 13.2. The molecule has 46 heavy (non-hydrogen) atoms. The van der Waals surface area contributed by atoms with E-state index in [4.69, 9.17) is 9.40 Å². The van der Waals surface area contributed by atoms with Crippen LogP contribution in [0.4, 0.5) is 4.39 Å². The average Bonchev–Trinajstić information content (AvgIpc) is 3.44. The van der Waals surface area contributed by atoms with Crippen molar-refractivity contribution in [1.29, 1.82) is 0 Å². The van der Waals surface area contributed by atoms with Crippen molar-refractivity contribution in [2.45, 2.75) is 39.4 Å². The number of furan rings is 1. The zero-order valence-corrected chi connectivity index (χ0v) is 29.8. The molecule has 0 N–H and O–H groups in total. The van der Waals surface area contributed by atoms with Gasteiger partial charge in [-0.2, -0.15) is 0 Å². The molecular weight excluding hydrogens is 766 g/mol. The fraction of sp³-hybridized carbons (Fsp3) is 0.154. The smallest absolute Gasteiger partial charge is 0.216 e. The Kier molecular flexibility index (Phi) is 10.1. The number of aromatic nitrogens is 3. The molecule has 0 amide bonds. The molecule has 7 aromatic rings. The van der Waals surface area contributed by atoms with Gasteiger partial charge in [0.25, 0.3) is 0 Å². The number of nitrogens with zero attached hydrogens (tertiary/aromatic N) is 3. The molecule has 3 aromatic carbocycles. The van der Waals surface area contributed by atoms with E-state index in [1.807, 2.05) is 56.3 Å². The van der Waals surface area contributed by atoms with Gasteiger partial charge in [0, 0.05) is 37.9 Å². The molecule has 0 bridgehead atoms. The average molecular weight is 800 g/mol. The minimum Gasteiger partial charge on any atom is -0.486 e. The van der Waals surface area contributed by atoms with Crippen LogP contribution in [0.15, 0.2) is 114 Å². The third-order valence-corrected chi connectivity index (χ3v) is 9.77. The van der Waals surface area contributed by atoms with Gasteiger partial charge >= 0.3 is 0 Å². The van der Waals surface area contributed by atoms with E-state index in [-0.39, 0.29) is 31.8 Å². The molecule has 7 heteroatoms. The predicted molar refractivity (Wildman–Crippen MR) is 185 cm³/mol. The maximum Gasteiger partial charge on any atom is 0.216 e. The minimum atomic E-state index is -1.46. The van der Waals surface area contributed by atoms with Crippen LogP contribution in [0.3, 0.4) is 0 Å². The first-order valence-electron chi connectivity index (χ1n) is 15.1. The van der Waals surface area contributed by atoms with Crippen molar-refractivity contribution >= 4 is 35.3 Å². The van der Waals surface area contributed by atoms with E-state index < -0.39 is 8.07 Å². The van der Waals surface area contributed by atoms with Crippen LogP contribution < -0.4 is 5.19 Å². The van der Waals surface area contributed by atoms with E-state index in [2.05, 4.69) is 90.4 Å². The number of hydrogen-bond donors (Lipinski definition) is 0. The summed E-state index contributed by atoms with van der Waals surface area (Å²) in [5.74, 6) is -0.213. The molecule has 1 radical (unpaired) electrons. The zero-order valence-electron chi connectivity index (χ0n) is 26.4. The molecule has 0 unspecified atom stereocenters. The van der Waals surface area contributed by atoms with Crippen LogP contribution >= 0.6 is 0 Å². The van der Waals surface area contributed by atoms with Crippen molar-refractivity contribution in [1.82, 2.24) is 15.0 Å². The molecule has 0 saturated heterocycles. The molecular formula is C39H34FIrN3OSi-2. The van der Waals surface area contributed by atoms with E-state index in [0.717, 1.165) is 27.6 Å². The Bertz CT molecular complexity index is 2090. The van der Waals surface area contributed by atoms with Gasteiger partial charge in [0.1, 0.15) is 5.82 Å². The zero-order chi connectivity index (χ0) is 31.6. The number of benzene rings is 3. The van der Waals surface area contributed by atoms with Gasteiger partial charge in [-0.05, 0) is 51.3 Å². The van der Waals surface area contributed by atoms with Crippen molar-refractivity contribution in [3.8, 4) is 33.6 Å². The molecule has 4 nitrogen and oxygen atoms in total. The molecule has 4 heterocycles. The molecule has 0 atom stereocenters. The first-order chi connectivity index (χ1) is 21.7. The van der Waals surface area contributed by atoms with E-state index in [9.17, 15) is 4.39 Å². The van der Waals surface area contributed by atoms with E-state index in [1.165, 1.54) is 22.5 Å². The molecule has 0 saturated carbocycles. The third-order valence-electron chi connectivity index (χ3n) is 7.75. The van der Waals surface area contributed by atoms with Gasteiger partial charge in [-0.1, -0.05) is 86.9 Å². The summed E-state index contributed by atoms with van der Waals surface area (Å²) < 4.78 is 19.8. The molecule has 0 aliphatic heterocycles. The Hall–Kier alpha value is -4.29. The fourth-order valence-electron chi connectivity index (χ4n) is 5.41. The molecule has 0 aliphatic rings. The van der Waals surface area contributed by atoms with Gasteiger partial charge in [0.2, 0.25) is 5.71 Å². The summed E-state index contributed by atoms with van der Waals surface area (Å²) in [5, 5.41) is 3.31. The number of halogens is 1. The SMILES string of the molecule is CC(C)c1cc(-c2[c-]ccc3c2oc2ncccc23)ncc1F.C[Si](C)(C)c1cnc(-c2[c-]cccc2)cc1-c1ccccc1.[Ir]. The topological polar surface area (TPSA) is 51.8 Å². The van der Waals surface area contributed by atoms with Gasteiger partial charge in [-0.25, -0.2) is 9.37 Å². The summed E-state index contributed by atoms with van der Waals surface area (Å²) in [6.45, 7) is 11.0. The summed E-state index contributed by atoms with van der Waals surface area (Å²) in [7, 11) is -1.46. The molecule has 0 fully saturated rings. The second-order valence-corrected chi connectivity index (χ2v) is 17.3. The molecule has 4 aromatic heterocycles. The van der Waals surface area contributed by atoms with E-state index in [0.29, 0.717) is 22.6 Å². The van der Waals surface area contributed by atoms with Crippen molar-refractivity contribution in [2.24, 2.45) is 0 Å². The first-order valence-corrected chi connectivity index (χ1v) is 18.6. The first kappa shape index (κ1) is 33.1. The Morgan fingerprint density at radius 1 is 0.761 bits per heavy atom. The maximum atomic E-state index is 13.9.